The fourth-order valence-electron chi connectivity index (χ4n) is 2.31. The molecule has 0 fully saturated rings. The molecule has 1 N–H and O–H groups in total. The maximum atomic E-state index is 12.9. The van der Waals surface area contributed by atoms with E-state index in [9.17, 15) is 26.4 Å². The van der Waals surface area contributed by atoms with Gasteiger partial charge < -0.3 is 5.32 Å². The zero-order chi connectivity index (χ0) is 22.0. The molecular weight excluding hydrogens is 476 g/mol. The number of halogens is 6. The molecule has 29 heavy (non-hydrogen) atoms. The summed E-state index contributed by atoms with van der Waals surface area (Å²) in [7, 11) is -3.82. The van der Waals surface area contributed by atoms with Crippen LogP contribution in [0.3, 0.4) is 0 Å². The van der Waals surface area contributed by atoms with E-state index in [0.717, 1.165) is 16.6 Å². The number of amides is 1. The minimum Gasteiger partial charge on any atom is -0.325 e. The van der Waals surface area contributed by atoms with Crippen LogP contribution in [0.5, 0.6) is 0 Å². The van der Waals surface area contributed by atoms with Gasteiger partial charge in [-0.15, -0.1) is 0 Å². The van der Waals surface area contributed by atoms with E-state index >= 15 is 0 Å². The average molecular weight is 490 g/mol. The lowest BCUT2D eigenvalue weighted by Crippen LogP contribution is -2.36. The summed E-state index contributed by atoms with van der Waals surface area (Å²) < 4.78 is 63.7. The van der Waals surface area contributed by atoms with Crippen molar-refractivity contribution in [2.75, 3.05) is 18.1 Å². The second kappa shape index (κ2) is 9.09. The van der Waals surface area contributed by atoms with Crippen molar-refractivity contribution < 1.29 is 26.4 Å². The third-order valence-electron chi connectivity index (χ3n) is 3.69. The van der Waals surface area contributed by atoms with E-state index < -0.39 is 39.2 Å². The molecule has 12 heteroatoms. The standard InChI is InChI=1S/C17H14Cl3F3N2O3S/c1-29(27,28)25(8-10-2-4-14(19)15(20)6-10)9-16(26)24-11-3-5-13(18)12(7-11)17(21,22)23/h2-7H,8-9H2,1H3,(H,24,26). The SMILES string of the molecule is CS(=O)(=O)N(CC(=O)Nc1ccc(Cl)c(C(F)(F)F)c1)Cc1ccc(Cl)c(Cl)c1. The van der Waals surface area contributed by atoms with Crippen LogP contribution in [0.15, 0.2) is 36.4 Å². The first-order valence-corrected chi connectivity index (χ1v) is 10.8. The van der Waals surface area contributed by atoms with Gasteiger partial charge in [0.05, 0.1) is 33.4 Å². The van der Waals surface area contributed by atoms with E-state index in [1.807, 2.05) is 0 Å². The van der Waals surface area contributed by atoms with Gasteiger partial charge in [0.1, 0.15) is 0 Å². The quantitative estimate of drug-likeness (QED) is 0.616. The number of benzene rings is 2. The fourth-order valence-corrected chi connectivity index (χ4v) is 3.59. The first-order valence-electron chi connectivity index (χ1n) is 7.83. The lowest BCUT2D eigenvalue weighted by Gasteiger charge is -2.20. The number of nitrogens with one attached hydrogen (secondary N) is 1. The van der Waals surface area contributed by atoms with Gasteiger partial charge in [-0.3, -0.25) is 4.79 Å². The number of rotatable bonds is 6. The first-order chi connectivity index (χ1) is 13.3. The minimum absolute atomic E-state index is 0.172. The van der Waals surface area contributed by atoms with Gasteiger partial charge in [-0.2, -0.15) is 17.5 Å². The molecular formula is C17H14Cl3F3N2O3S. The van der Waals surface area contributed by atoms with Crippen molar-refractivity contribution in [3.63, 3.8) is 0 Å². The Morgan fingerprint density at radius 3 is 2.21 bits per heavy atom. The van der Waals surface area contributed by atoms with Crippen molar-refractivity contribution in [2.45, 2.75) is 12.7 Å². The van der Waals surface area contributed by atoms with Gasteiger partial charge in [0.25, 0.3) is 0 Å². The fraction of sp³-hybridized carbons (Fsp3) is 0.235. The Morgan fingerprint density at radius 2 is 1.66 bits per heavy atom. The summed E-state index contributed by atoms with van der Waals surface area (Å²) in [4.78, 5) is 12.2. The Kier molecular flexibility index (Phi) is 7.45. The van der Waals surface area contributed by atoms with E-state index in [4.69, 9.17) is 34.8 Å². The lowest BCUT2D eigenvalue weighted by atomic mass is 10.2. The zero-order valence-electron chi connectivity index (χ0n) is 14.7. The topological polar surface area (TPSA) is 66.5 Å². The molecule has 0 heterocycles. The smallest absolute Gasteiger partial charge is 0.325 e. The van der Waals surface area contributed by atoms with Crippen molar-refractivity contribution >= 4 is 56.4 Å². The first kappa shape index (κ1) is 23.8. The molecule has 2 aromatic rings. The molecule has 0 aliphatic rings. The van der Waals surface area contributed by atoms with Crippen molar-refractivity contribution in [1.82, 2.24) is 4.31 Å². The predicted molar refractivity (Wildman–Crippen MR) is 107 cm³/mol. The minimum atomic E-state index is -4.70. The molecule has 0 aromatic heterocycles. The molecule has 0 unspecified atom stereocenters. The lowest BCUT2D eigenvalue weighted by molar-refractivity contribution is -0.137. The molecule has 0 aliphatic heterocycles. The molecule has 0 aliphatic carbocycles. The van der Waals surface area contributed by atoms with E-state index in [2.05, 4.69) is 5.32 Å². The van der Waals surface area contributed by atoms with Gasteiger partial charge in [0, 0.05) is 12.2 Å². The van der Waals surface area contributed by atoms with Gasteiger partial charge in [0.15, 0.2) is 0 Å². The highest BCUT2D eigenvalue weighted by Gasteiger charge is 2.33. The zero-order valence-corrected chi connectivity index (χ0v) is 17.8. The molecule has 0 spiro atoms. The highest BCUT2D eigenvalue weighted by molar-refractivity contribution is 7.88. The number of anilines is 1. The van der Waals surface area contributed by atoms with E-state index in [1.165, 1.54) is 18.2 Å². The summed E-state index contributed by atoms with van der Waals surface area (Å²) >= 11 is 17.3. The number of hydrogen-bond donors (Lipinski definition) is 1. The second-order valence-corrected chi connectivity index (χ2v) is 9.22. The third kappa shape index (κ3) is 6.75. The molecule has 2 aromatic carbocycles. The Bertz CT molecular complexity index is 1030. The largest absolute Gasteiger partial charge is 0.417 e. The van der Waals surface area contributed by atoms with Crippen LogP contribution in [-0.4, -0.2) is 31.4 Å². The molecule has 1 amide bonds. The summed E-state index contributed by atoms with van der Waals surface area (Å²) in [5, 5.41) is 2.21. The normalized spacial score (nSPS) is 12.3. The molecule has 2 rings (SSSR count). The van der Waals surface area contributed by atoms with Crippen LogP contribution in [0.4, 0.5) is 18.9 Å². The van der Waals surface area contributed by atoms with Crippen molar-refractivity contribution in [1.29, 1.82) is 0 Å². The number of carbonyl (C=O) groups excluding carboxylic acids is 1. The van der Waals surface area contributed by atoms with Crippen LogP contribution in [0, 0.1) is 0 Å². The molecule has 0 saturated heterocycles. The van der Waals surface area contributed by atoms with Crippen molar-refractivity contribution in [3.8, 4) is 0 Å². The van der Waals surface area contributed by atoms with Crippen LogP contribution >= 0.6 is 34.8 Å². The molecule has 0 radical (unpaired) electrons. The Morgan fingerprint density at radius 1 is 1.03 bits per heavy atom. The maximum absolute atomic E-state index is 12.9. The van der Waals surface area contributed by atoms with Gasteiger partial charge in [0.2, 0.25) is 15.9 Å². The molecule has 0 bridgehead atoms. The molecule has 158 valence electrons. The highest BCUT2D eigenvalue weighted by Crippen LogP contribution is 2.36. The Balaban J connectivity index is 2.18. The van der Waals surface area contributed by atoms with Gasteiger partial charge in [-0.25, -0.2) is 8.42 Å². The molecule has 0 saturated carbocycles. The van der Waals surface area contributed by atoms with Crippen LogP contribution < -0.4 is 5.32 Å². The Hall–Kier alpha value is -1.52. The van der Waals surface area contributed by atoms with Crippen LogP contribution in [-0.2, 0) is 27.5 Å². The van der Waals surface area contributed by atoms with Crippen molar-refractivity contribution in [3.05, 3.63) is 62.6 Å². The van der Waals surface area contributed by atoms with Crippen LogP contribution in [0.25, 0.3) is 0 Å². The van der Waals surface area contributed by atoms with Gasteiger partial charge in [-0.05, 0) is 35.9 Å². The Labute approximate surface area is 180 Å². The summed E-state index contributed by atoms with van der Waals surface area (Å²) in [6.07, 6.45) is -3.80. The third-order valence-corrected chi connectivity index (χ3v) is 5.95. The van der Waals surface area contributed by atoms with E-state index in [1.54, 1.807) is 6.07 Å². The number of sulfonamides is 1. The summed E-state index contributed by atoms with van der Waals surface area (Å²) in [5.74, 6) is -0.828. The predicted octanol–water partition coefficient (Wildman–Crippen LogP) is 5.07. The van der Waals surface area contributed by atoms with Gasteiger partial charge >= 0.3 is 6.18 Å². The number of alkyl halides is 3. The monoisotopic (exact) mass is 488 g/mol. The number of hydrogen-bond acceptors (Lipinski definition) is 3. The number of nitrogens with zero attached hydrogens (tertiary/aromatic N) is 1. The molecule has 5 nitrogen and oxygen atoms in total. The van der Waals surface area contributed by atoms with Gasteiger partial charge in [-0.1, -0.05) is 40.9 Å². The summed E-state index contributed by atoms with van der Waals surface area (Å²) in [6.45, 7) is -0.805. The van der Waals surface area contributed by atoms with Crippen LogP contribution in [0.1, 0.15) is 11.1 Å². The van der Waals surface area contributed by atoms with E-state index in [0.29, 0.717) is 11.6 Å². The second-order valence-electron chi connectivity index (χ2n) is 6.02. The molecule has 0 atom stereocenters. The van der Waals surface area contributed by atoms with E-state index in [-0.39, 0.29) is 22.3 Å². The summed E-state index contributed by atoms with van der Waals surface area (Å²) in [5.41, 5.74) is -0.814. The highest BCUT2D eigenvalue weighted by atomic mass is 35.5. The number of carbonyl (C=O) groups is 1. The average Bonchev–Trinajstić information content (AvgIpc) is 2.57. The maximum Gasteiger partial charge on any atom is 0.417 e. The van der Waals surface area contributed by atoms with Crippen LogP contribution in [0.2, 0.25) is 15.1 Å². The summed E-state index contributed by atoms with van der Waals surface area (Å²) in [6, 6.07) is 7.31. The van der Waals surface area contributed by atoms with Crippen molar-refractivity contribution in [2.24, 2.45) is 0 Å².